The van der Waals surface area contributed by atoms with Gasteiger partial charge in [0.05, 0.1) is 6.10 Å². The molecule has 0 saturated heterocycles. The third-order valence-electron chi connectivity index (χ3n) is 2.60. The zero-order chi connectivity index (χ0) is 6.43. The number of ketones is 1. The topological polar surface area (TPSA) is 37.3 Å². The summed E-state index contributed by atoms with van der Waals surface area (Å²) in [5.41, 5.74) is 0. The molecule has 3 atom stereocenters. The molecule has 0 aliphatic heterocycles. The highest BCUT2D eigenvalue weighted by Gasteiger charge is 2.46. The summed E-state index contributed by atoms with van der Waals surface area (Å²) < 4.78 is 0. The van der Waals surface area contributed by atoms with Crippen LogP contribution < -0.4 is 0 Å². The first-order valence-electron chi connectivity index (χ1n) is 3.47. The molecule has 0 amide bonds. The van der Waals surface area contributed by atoms with E-state index in [0.29, 0.717) is 24.0 Å². The van der Waals surface area contributed by atoms with Crippen molar-refractivity contribution in [3.63, 3.8) is 0 Å². The lowest BCUT2D eigenvalue weighted by Crippen LogP contribution is -2.37. The van der Waals surface area contributed by atoms with Gasteiger partial charge in [-0.15, -0.1) is 0 Å². The minimum Gasteiger partial charge on any atom is -0.393 e. The predicted octanol–water partition coefficient (Wildman–Crippen LogP) is 0.346. The van der Waals surface area contributed by atoms with Crippen LogP contribution in [0.25, 0.3) is 0 Å². The number of aliphatic hydroxyl groups excluding tert-OH is 1. The molecule has 2 heteroatoms. The lowest BCUT2D eigenvalue weighted by molar-refractivity contribution is -0.117. The van der Waals surface area contributed by atoms with Gasteiger partial charge in [-0.1, -0.05) is 0 Å². The van der Waals surface area contributed by atoms with E-state index in [0.717, 1.165) is 12.8 Å². The van der Waals surface area contributed by atoms with E-state index in [1.54, 1.807) is 0 Å². The van der Waals surface area contributed by atoms with Crippen molar-refractivity contribution >= 4 is 5.78 Å². The zero-order valence-corrected chi connectivity index (χ0v) is 5.21. The fourth-order valence-corrected chi connectivity index (χ4v) is 1.95. The highest BCUT2D eigenvalue weighted by Crippen LogP contribution is 2.44. The number of Topliss-reactive ketones (excluding diaryl/α,β-unsaturated/α-hetero) is 1. The van der Waals surface area contributed by atoms with Crippen LogP contribution >= 0.6 is 0 Å². The summed E-state index contributed by atoms with van der Waals surface area (Å²) in [5.74, 6) is 1.24. The molecule has 9 heavy (non-hydrogen) atoms. The summed E-state index contributed by atoms with van der Waals surface area (Å²) in [6, 6.07) is 0. The van der Waals surface area contributed by atoms with Crippen LogP contribution in [0.5, 0.6) is 0 Å². The molecule has 2 fully saturated rings. The van der Waals surface area contributed by atoms with Crippen LogP contribution in [0, 0.1) is 11.8 Å². The minimum atomic E-state index is -0.151. The van der Waals surface area contributed by atoms with E-state index in [9.17, 15) is 4.79 Å². The van der Waals surface area contributed by atoms with Gasteiger partial charge in [0, 0.05) is 12.8 Å². The van der Waals surface area contributed by atoms with E-state index in [4.69, 9.17) is 5.11 Å². The van der Waals surface area contributed by atoms with Gasteiger partial charge in [-0.05, 0) is 18.3 Å². The lowest BCUT2D eigenvalue weighted by Gasteiger charge is -2.35. The summed E-state index contributed by atoms with van der Waals surface area (Å²) >= 11 is 0. The van der Waals surface area contributed by atoms with Crippen molar-refractivity contribution in [1.82, 2.24) is 0 Å². The van der Waals surface area contributed by atoms with E-state index in [1.807, 2.05) is 0 Å². The average molecular weight is 126 g/mol. The Bertz CT molecular complexity index is 153. The largest absolute Gasteiger partial charge is 0.393 e. The van der Waals surface area contributed by atoms with Crippen molar-refractivity contribution in [1.29, 1.82) is 0 Å². The van der Waals surface area contributed by atoms with Crippen molar-refractivity contribution in [3.8, 4) is 0 Å². The molecule has 0 bridgehead atoms. The van der Waals surface area contributed by atoms with Crippen LogP contribution in [0.4, 0.5) is 0 Å². The quantitative estimate of drug-likeness (QED) is 0.508. The van der Waals surface area contributed by atoms with Gasteiger partial charge >= 0.3 is 0 Å². The van der Waals surface area contributed by atoms with Gasteiger partial charge < -0.3 is 5.11 Å². The second-order valence-electron chi connectivity index (χ2n) is 3.17. The average Bonchev–Trinajstić information content (AvgIpc) is 2.08. The minimum absolute atomic E-state index is 0.151. The molecule has 2 aliphatic rings. The molecule has 2 rings (SSSR count). The molecular weight excluding hydrogens is 116 g/mol. The van der Waals surface area contributed by atoms with E-state index in [2.05, 4.69) is 0 Å². The summed E-state index contributed by atoms with van der Waals surface area (Å²) in [4.78, 5) is 10.7. The first-order valence-corrected chi connectivity index (χ1v) is 3.47. The summed E-state index contributed by atoms with van der Waals surface area (Å²) in [7, 11) is 0. The summed E-state index contributed by atoms with van der Waals surface area (Å²) in [6.07, 6.45) is 2.10. The maximum atomic E-state index is 10.7. The van der Waals surface area contributed by atoms with Crippen LogP contribution in [0.15, 0.2) is 0 Å². The second kappa shape index (κ2) is 1.57. The Morgan fingerprint density at radius 2 is 2.22 bits per heavy atom. The highest BCUT2D eigenvalue weighted by molar-refractivity contribution is 5.81. The van der Waals surface area contributed by atoms with E-state index >= 15 is 0 Å². The third kappa shape index (κ3) is 0.628. The van der Waals surface area contributed by atoms with Crippen LogP contribution in [-0.2, 0) is 4.79 Å². The van der Waals surface area contributed by atoms with Crippen LogP contribution in [0.2, 0.25) is 0 Å². The number of carbonyl (C=O) groups excluding carboxylic acids is 1. The lowest BCUT2D eigenvalue weighted by atomic mass is 9.74. The van der Waals surface area contributed by atoms with Crippen LogP contribution in [0.3, 0.4) is 0 Å². The molecule has 0 unspecified atom stereocenters. The second-order valence-corrected chi connectivity index (χ2v) is 3.17. The maximum absolute atomic E-state index is 10.7. The van der Waals surface area contributed by atoms with E-state index < -0.39 is 0 Å². The van der Waals surface area contributed by atoms with Crippen LogP contribution in [0.1, 0.15) is 19.3 Å². The fourth-order valence-electron chi connectivity index (χ4n) is 1.95. The van der Waals surface area contributed by atoms with Gasteiger partial charge in [0.15, 0.2) is 0 Å². The Morgan fingerprint density at radius 1 is 1.44 bits per heavy atom. The number of aliphatic hydroxyl groups is 1. The van der Waals surface area contributed by atoms with Crippen molar-refractivity contribution in [2.75, 3.05) is 0 Å². The van der Waals surface area contributed by atoms with Gasteiger partial charge in [-0.25, -0.2) is 0 Å². The molecule has 2 aliphatic carbocycles. The highest BCUT2D eigenvalue weighted by atomic mass is 16.3. The van der Waals surface area contributed by atoms with Crippen molar-refractivity contribution in [2.45, 2.75) is 25.4 Å². The number of hydrogen-bond acceptors (Lipinski definition) is 2. The number of carbonyl (C=O) groups is 1. The molecule has 2 saturated carbocycles. The molecule has 0 aromatic carbocycles. The molecule has 0 heterocycles. The number of fused-ring (bicyclic) bond motifs is 1. The van der Waals surface area contributed by atoms with Crippen molar-refractivity contribution in [3.05, 3.63) is 0 Å². The van der Waals surface area contributed by atoms with Crippen LogP contribution in [-0.4, -0.2) is 17.0 Å². The standard InChI is InChI=1S/C7H10O2/c8-5-1-4-2-7(9)6(4)3-5/h4,6-7,9H,1-3H2/t4-,6-,7-/m1/s1. The Kier molecular flexibility index (Phi) is 0.943. The fraction of sp³-hybridized carbons (Fsp3) is 0.857. The Balaban J connectivity index is 2.08. The molecule has 0 aromatic heterocycles. The zero-order valence-electron chi connectivity index (χ0n) is 5.21. The van der Waals surface area contributed by atoms with Gasteiger partial charge in [0.25, 0.3) is 0 Å². The monoisotopic (exact) mass is 126 g/mol. The smallest absolute Gasteiger partial charge is 0.133 e. The first-order chi connectivity index (χ1) is 4.27. The molecule has 50 valence electrons. The molecule has 0 aromatic rings. The van der Waals surface area contributed by atoms with Crippen molar-refractivity contribution in [2.24, 2.45) is 11.8 Å². The maximum Gasteiger partial charge on any atom is 0.133 e. The van der Waals surface area contributed by atoms with Gasteiger partial charge in [0.2, 0.25) is 0 Å². The van der Waals surface area contributed by atoms with Crippen molar-refractivity contribution < 1.29 is 9.90 Å². The number of rotatable bonds is 0. The number of hydrogen-bond donors (Lipinski definition) is 1. The first kappa shape index (κ1) is 5.42. The molecule has 0 spiro atoms. The third-order valence-corrected chi connectivity index (χ3v) is 2.60. The predicted molar refractivity (Wildman–Crippen MR) is 31.8 cm³/mol. The molecule has 1 N–H and O–H groups in total. The van der Waals surface area contributed by atoms with E-state index in [1.165, 1.54) is 0 Å². The summed E-state index contributed by atoms with van der Waals surface area (Å²) in [5, 5.41) is 9.08. The molecule has 2 nitrogen and oxygen atoms in total. The normalized spacial score (nSPS) is 48.6. The molecular formula is C7H10O2. The SMILES string of the molecule is O=C1C[C@@H]2C[C@@H](O)[C@@H]2C1. The molecule has 0 radical (unpaired) electrons. The van der Waals surface area contributed by atoms with E-state index in [-0.39, 0.29) is 6.10 Å². The Morgan fingerprint density at radius 3 is 2.67 bits per heavy atom. The van der Waals surface area contributed by atoms with Gasteiger partial charge in [0.1, 0.15) is 5.78 Å². The Labute approximate surface area is 53.9 Å². The van der Waals surface area contributed by atoms with Gasteiger partial charge in [-0.3, -0.25) is 4.79 Å². The Hall–Kier alpha value is -0.370. The van der Waals surface area contributed by atoms with Gasteiger partial charge in [-0.2, -0.15) is 0 Å². The summed E-state index contributed by atoms with van der Waals surface area (Å²) in [6.45, 7) is 0.